The van der Waals surface area contributed by atoms with Gasteiger partial charge in [-0.15, -0.1) is 0 Å². The fraction of sp³-hybridized carbons (Fsp3) is 0.500. The zero-order valence-corrected chi connectivity index (χ0v) is 15.6. The molecule has 0 unspecified atom stereocenters. The molecule has 1 amide bonds. The highest BCUT2D eigenvalue weighted by Gasteiger charge is 2.27. The van der Waals surface area contributed by atoms with Gasteiger partial charge in [-0.3, -0.25) is 15.6 Å². The van der Waals surface area contributed by atoms with Gasteiger partial charge < -0.3 is 5.32 Å². The molecule has 0 heterocycles. The molecule has 0 bridgehead atoms. The first-order chi connectivity index (χ1) is 10.9. The maximum atomic E-state index is 13.7. The summed E-state index contributed by atoms with van der Waals surface area (Å²) in [5.74, 6) is 0.00936. The maximum absolute atomic E-state index is 13.7. The van der Waals surface area contributed by atoms with Crippen LogP contribution in [0, 0.1) is 17.7 Å². The summed E-state index contributed by atoms with van der Waals surface area (Å²) < 4.78 is 14.3. The van der Waals surface area contributed by atoms with Crippen molar-refractivity contribution in [3.63, 3.8) is 0 Å². The lowest BCUT2D eigenvalue weighted by molar-refractivity contribution is 0.0939. The second-order valence-electron chi connectivity index (χ2n) is 6.05. The van der Waals surface area contributed by atoms with Gasteiger partial charge in [0, 0.05) is 10.5 Å². The Kier molecular flexibility index (Phi) is 6.35. The van der Waals surface area contributed by atoms with Crippen LogP contribution >= 0.6 is 28.1 Å². The van der Waals surface area contributed by atoms with Crippen molar-refractivity contribution in [2.75, 3.05) is 0 Å². The Morgan fingerprint density at radius 2 is 2.04 bits per heavy atom. The maximum Gasteiger partial charge on any atom is 0.272 e. The lowest BCUT2D eigenvalue weighted by atomic mass is 9.78. The molecule has 1 aromatic carbocycles. The molecule has 1 fully saturated rings. The van der Waals surface area contributed by atoms with Crippen LogP contribution in [-0.2, 0) is 0 Å². The number of hydrogen-bond acceptors (Lipinski definition) is 2. The standard InChI is InChI=1S/C16H21BrFN3OS/c1-9-4-3-5-14(10(9)2)19-16(23)21-20-15(22)12-7-6-11(17)8-13(12)18/h6-10,14H,3-5H2,1-2H3,(H,20,22)(H2,19,21,23)/t9-,10+,14+/m0/s1. The molecule has 1 saturated carbocycles. The van der Waals surface area contributed by atoms with Gasteiger partial charge in [-0.05, 0) is 48.7 Å². The van der Waals surface area contributed by atoms with Crippen molar-refractivity contribution >= 4 is 39.2 Å². The van der Waals surface area contributed by atoms with Crippen molar-refractivity contribution in [3.05, 3.63) is 34.1 Å². The van der Waals surface area contributed by atoms with E-state index in [0.717, 1.165) is 6.42 Å². The topological polar surface area (TPSA) is 53.2 Å². The number of hydrazine groups is 1. The summed E-state index contributed by atoms with van der Waals surface area (Å²) in [4.78, 5) is 12.0. The first-order valence-electron chi connectivity index (χ1n) is 7.70. The van der Waals surface area contributed by atoms with Crippen molar-refractivity contribution < 1.29 is 9.18 Å². The van der Waals surface area contributed by atoms with Crippen molar-refractivity contribution in [1.82, 2.24) is 16.2 Å². The van der Waals surface area contributed by atoms with Crippen LogP contribution in [0.25, 0.3) is 0 Å². The lowest BCUT2D eigenvalue weighted by Crippen LogP contribution is -2.52. The summed E-state index contributed by atoms with van der Waals surface area (Å²) >= 11 is 8.37. The Labute approximate surface area is 149 Å². The third-order valence-electron chi connectivity index (χ3n) is 4.49. The van der Waals surface area contributed by atoms with Crippen LogP contribution in [-0.4, -0.2) is 17.1 Å². The molecule has 1 aliphatic rings. The molecule has 3 atom stereocenters. The predicted octanol–water partition coefficient (Wildman–Crippen LogP) is 3.52. The zero-order valence-electron chi connectivity index (χ0n) is 13.2. The van der Waals surface area contributed by atoms with E-state index in [-0.39, 0.29) is 5.56 Å². The van der Waals surface area contributed by atoms with Crippen LogP contribution in [0.3, 0.4) is 0 Å². The summed E-state index contributed by atoms with van der Waals surface area (Å²) in [7, 11) is 0. The number of benzene rings is 1. The van der Waals surface area contributed by atoms with E-state index in [2.05, 4.69) is 45.9 Å². The molecule has 0 aliphatic heterocycles. The predicted molar refractivity (Wildman–Crippen MR) is 96.4 cm³/mol. The van der Waals surface area contributed by atoms with Gasteiger partial charge in [0.1, 0.15) is 5.82 Å². The molecule has 1 aliphatic carbocycles. The highest BCUT2D eigenvalue weighted by atomic mass is 79.9. The molecular weight excluding hydrogens is 381 g/mol. The Balaban J connectivity index is 1.85. The molecule has 23 heavy (non-hydrogen) atoms. The second-order valence-corrected chi connectivity index (χ2v) is 7.37. The van der Waals surface area contributed by atoms with E-state index in [4.69, 9.17) is 12.2 Å². The second kappa shape index (κ2) is 8.06. The van der Waals surface area contributed by atoms with Gasteiger partial charge in [-0.25, -0.2) is 4.39 Å². The van der Waals surface area contributed by atoms with Crippen molar-refractivity contribution in [1.29, 1.82) is 0 Å². The van der Waals surface area contributed by atoms with Gasteiger partial charge in [0.25, 0.3) is 5.91 Å². The molecular formula is C16H21BrFN3OS. The van der Waals surface area contributed by atoms with E-state index in [9.17, 15) is 9.18 Å². The number of rotatable bonds is 2. The molecule has 0 spiro atoms. The Bertz CT molecular complexity index is 599. The van der Waals surface area contributed by atoms with E-state index in [1.165, 1.54) is 25.0 Å². The molecule has 4 nitrogen and oxygen atoms in total. The monoisotopic (exact) mass is 401 g/mol. The van der Waals surface area contributed by atoms with E-state index in [1.54, 1.807) is 6.07 Å². The highest BCUT2D eigenvalue weighted by Crippen LogP contribution is 2.29. The van der Waals surface area contributed by atoms with E-state index < -0.39 is 11.7 Å². The van der Waals surface area contributed by atoms with Gasteiger partial charge in [0.15, 0.2) is 5.11 Å². The van der Waals surface area contributed by atoms with Gasteiger partial charge in [0.05, 0.1) is 5.56 Å². The summed E-state index contributed by atoms with van der Waals surface area (Å²) in [6.07, 6.45) is 3.46. The van der Waals surface area contributed by atoms with Crippen molar-refractivity contribution in [2.24, 2.45) is 11.8 Å². The molecule has 0 aromatic heterocycles. The third-order valence-corrected chi connectivity index (χ3v) is 5.20. The van der Waals surface area contributed by atoms with E-state index in [1.807, 2.05) is 0 Å². The summed E-state index contributed by atoms with van der Waals surface area (Å²) in [6.45, 7) is 4.45. The Hall–Kier alpha value is -1.21. The number of nitrogens with one attached hydrogen (secondary N) is 3. The SMILES string of the molecule is C[C@@H]1[C@@H](C)CCC[C@H]1NC(=S)NNC(=O)c1ccc(Br)cc1F. The van der Waals surface area contributed by atoms with E-state index >= 15 is 0 Å². The summed E-state index contributed by atoms with van der Waals surface area (Å²) in [5.41, 5.74) is 5.04. The van der Waals surface area contributed by atoms with Crippen molar-refractivity contribution in [2.45, 2.75) is 39.2 Å². The minimum Gasteiger partial charge on any atom is -0.358 e. The average Bonchev–Trinajstić information content (AvgIpc) is 2.49. The zero-order chi connectivity index (χ0) is 17.0. The van der Waals surface area contributed by atoms with E-state index in [0.29, 0.717) is 27.5 Å². The number of carbonyl (C=O) groups is 1. The number of thiocarbonyl (C=S) groups is 1. The Morgan fingerprint density at radius 1 is 1.30 bits per heavy atom. The van der Waals surface area contributed by atoms with Crippen LogP contribution in [0.15, 0.2) is 22.7 Å². The number of carbonyl (C=O) groups excluding carboxylic acids is 1. The lowest BCUT2D eigenvalue weighted by Gasteiger charge is -2.35. The molecule has 2 rings (SSSR count). The van der Waals surface area contributed by atoms with Crippen LogP contribution in [0.5, 0.6) is 0 Å². The van der Waals surface area contributed by atoms with Gasteiger partial charge in [0.2, 0.25) is 0 Å². The molecule has 3 N–H and O–H groups in total. The van der Waals surface area contributed by atoms with Gasteiger partial charge in [-0.1, -0.05) is 42.6 Å². The first-order valence-corrected chi connectivity index (χ1v) is 8.90. The average molecular weight is 402 g/mol. The minimum atomic E-state index is -0.590. The summed E-state index contributed by atoms with van der Waals surface area (Å²) in [6, 6.07) is 4.56. The molecule has 0 saturated heterocycles. The number of hydrogen-bond donors (Lipinski definition) is 3. The Morgan fingerprint density at radius 3 is 2.74 bits per heavy atom. The number of amides is 1. The molecule has 1 aromatic rings. The van der Waals surface area contributed by atoms with Crippen LogP contribution in [0.2, 0.25) is 0 Å². The normalized spacial score (nSPS) is 23.9. The van der Waals surface area contributed by atoms with Crippen LogP contribution in [0.4, 0.5) is 4.39 Å². The third kappa shape index (κ3) is 4.88. The smallest absolute Gasteiger partial charge is 0.272 e. The van der Waals surface area contributed by atoms with Crippen molar-refractivity contribution in [3.8, 4) is 0 Å². The first kappa shape index (κ1) is 18.1. The van der Waals surface area contributed by atoms with Gasteiger partial charge in [-0.2, -0.15) is 0 Å². The highest BCUT2D eigenvalue weighted by molar-refractivity contribution is 9.10. The van der Waals surface area contributed by atoms with Crippen LogP contribution in [0.1, 0.15) is 43.5 Å². The van der Waals surface area contributed by atoms with Gasteiger partial charge >= 0.3 is 0 Å². The molecule has 126 valence electrons. The molecule has 0 radical (unpaired) electrons. The number of halogens is 2. The largest absolute Gasteiger partial charge is 0.358 e. The molecule has 7 heteroatoms. The summed E-state index contributed by atoms with van der Waals surface area (Å²) in [5, 5.41) is 3.58. The fourth-order valence-electron chi connectivity index (χ4n) is 2.84. The fourth-order valence-corrected chi connectivity index (χ4v) is 3.38. The minimum absolute atomic E-state index is 0.0387. The van der Waals surface area contributed by atoms with Crippen LogP contribution < -0.4 is 16.2 Å². The quantitative estimate of drug-likeness (QED) is 0.524.